The second kappa shape index (κ2) is 7.61. The normalized spacial score (nSPS) is 10.1. The van der Waals surface area contributed by atoms with Gasteiger partial charge in [-0.05, 0) is 29.7 Å². The summed E-state index contributed by atoms with van der Waals surface area (Å²) in [6.45, 7) is 1.91. The van der Waals surface area contributed by atoms with Crippen molar-refractivity contribution in [1.29, 1.82) is 0 Å². The molecule has 2 N–H and O–H groups in total. The molecule has 1 aromatic carbocycles. The zero-order chi connectivity index (χ0) is 12.3. The number of carbonyl (C=O) groups excluding carboxylic acids is 1. The van der Waals surface area contributed by atoms with Crippen LogP contribution in [0.3, 0.4) is 0 Å². The van der Waals surface area contributed by atoms with Crippen molar-refractivity contribution < 1.29 is 13.2 Å². The number of benzene rings is 1. The molecule has 0 saturated heterocycles. The van der Waals surface area contributed by atoms with E-state index in [1.54, 1.807) is 12.1 Å². The summed E-state index contributed by atoms with van der Waals surface area (Å²) in [4.78, 5) is 11.1. The maximum absolute atomic E-state index is 11.3. The first-order valence-corrected chi connectivity index (χ1v) is 6.84. The standard InChI is InChI=1S/C11H15NO3S.2ClH/c1-3-8-6-10(16(2,14)15)5-4-9(8)7-11(12)13;;/h4-6H,3,7H2,1-2H3,(H2,12,13);2*1H. The van der Waals surface area contributed by atoms with Crippen LogP contribution in [0.5, 0.6) is 0 Å². The van der Waals surface area contributed by atoms with Gasteiger partial charge in [-0.3, -0.25) is 4.79 Å². The molecule has 0 aromatic heterocycles. The van der Waals surface area contributed by atoms with E-state index in [2.05, 4.69) is 0 Å². The van der Waals surface area contributed by atoms with E-state index < -0.39 is 15.7 Å². The number of amides is 1. The molecule has 1 rings (SSSR count). The fourth-order valence-electron chi connectivity index (χ4n) is 1.52. The molecule has 0 atom stereocenters. The van der Waals surface area contributed by atoms with Gasteiger partial charge in [0.25, 0.3) is 0 Å². The second-order valence-corrected chi connectivity index (χ2v) is 5.72. The minimum Gasteiger partial charge on any atom is -0.369 e. The third kappa shape index (κ3) is 5.25. The van der Waals surface area contributed by atoms with Crippen molar-refractivity contribution in [3.63, 3.8) is 0 Å². The van der Waals surface area contributed by atoms with Crippen molar-refractivity contribution in [1.82, 2.24) is 0 Å². The summed E-state index contributed by atoms with van der Waals surface area (Å²) in [7, 11) is -3.20. The smallest absolute Gasteiger partial charge is 0.221 e. The summed E-state index contributed by atoms with van der Waals surface area (Å²) in [5.74, 6) is -0.415. The Morgan fingerprint density at radius 1 is 1.22 bits per heavy atom. The predicted molar refractivity (Wildman–Crippen MR) is 76.3 cm³/mol. The second-order valence-electron chi connectivity index (χ2n) is 3.70. The Hall–Kier alpha value is -0.780. The maximum atomic E-state index is 11.3. The molecule has 0 aliphatic heterocycles. The van der Waals surface area contributed by atoms with Crippen LogP contribution in [-0.2, 0) is 27.5 Å². The Kier molecular flexibility index (Phi) is 8.27. The van der Waals surface area contributed by atoms with Crippen molar-refractivity contribution in [2.45, 2.75) is 24.7 Å². The molecule has 4 nitrogen and oxygen atoms in total. The lowest BCUT2D eigenvalue weighted by Gasteiger charge is -2.08. The zero-order valence-electron chi connectivity index (χ0n) is 10.2. The quantitative estimate of drug-likeness (QED) is 0.915. The molecule has 0 fully saturated rings. The fourth-order valence-corrected chi connectivity index (χ4v) is 2.19. The summed E-state index contributed by atoms with van der Waals surface area (Å²) < 4.78 is 22.7. The molecule has 104 valence electrons. The molecule has 0 radical (unpaired) electrons. The third-order valence-electron chi connectivity index (χ3n) is 2.35. The Bertz CT molecular complexity index is 515. The van der Waals surface area contributed by atoms with Gasteiger partial charge in [0.15, 0.2) is 9.84 Å². The molecule has 0 unspecified atom stereocenters. The highest BCUT2D eigenvalue weighted by Gasteiger charge is 2.11. The lowest BCUT2D eigenvalue weighted by molar-refractivity contribution is -0.117. The summed E-state index contributed by atoms with van der Waals surface area (Å²) in [5.41, 5.74) is 6.76. The molecule has 0 saturated carbocycles. The van der Waals surface area contributed by atoms with E-state index in [9.17, 15) is 13.2 Å². The molecule has 0 aliphatic rings. The van der Waals surface area contributed by atoms with E-state index in [-0.39, 0.29) is 36.1 Å². The third-order valence-corrected chi connectivity index (χ3v) is 3.46. The zero-order valence-corrected chi connectivity index (χ0v) is 12.6. The Morgan fingerprint density at radius 3 is 2.17 bits per heavy atom. The van der Waals surface area contributed by atoms with Gasteiger partial charge in [0.2, 0.25) is 5.91 Å². The molecule has 1 aromatic rings. The van der Waals surface area contributed by atoms with Crippen molar-refractivity contribution in [3.05, 3.63) is 29.3 Å². The lowest BCUT2D eigenvalue weighted by atomic mass is 10.0. The van der Waals surface area contributed by atoms with Crippen LogP contribution in [0, 0.1) is 0 Å². The number of rotatable bonds is 4. The van der Waals surface area contributed by atoms with Crippen LogP contribution < -0.4 is 5.73 Å². The molecule has 0 aliphatic carbocycles. The topological polar surface area (TPSA) is 77.2 Å². The van der Waals surface area contributed by atoms with Crippen molar-refractivity contribution >= 4 is 40.6 Å². The maximum Gasteiger partial charge on any atom is 0.221 e. The van der Waals surface area contributed by atoms with E-state index in [4.69, 9.17) is 5.73 Å². The van der Waals surface area contributed by atoms with Crippen molar-refractivity contribution in [3.8, 4) is 0 Å². The monoisotopic (exact) mass is 313 g/mol. The molecule has 1 amide bonds. The van der Waals surface area contributed by atoms with Gasteiger partial charge in [0, 0.05) is 6.26 Å². The highest BCUT2D eigenvalue weighted by molar-refractivity contribution is 7.90. The number of nitrogens with two attached hydrogens (primary N) is 1. The van der Waals surface area contributed by atoms with Gasteiger partial charge in [0.1, 0.15) is 0 Å². The largest absolute Gasteiger partial charge is 0.369 e. The predicted octanol–water partition coefficient (Wildman–Crippen LogP) is 1.52. The van der Waals surface area contributed by atoms with Crippen LogP contribution in [0.1, 0.15) is 18.1 Å². The number of aryl methyl sites for hydroxylation is 1. The number of halogens is 2. The average molecular weight is 314 g/mol. The van der Waals surface area contributed by atoms with Gasteiger partial charge in [-0.2, -0.15) is 0 Å². The lowest BCUT2D eigenvalue weighted by Crippen LogP contribution is -2.15. The van der Waals surface area contributed by atoms with E-state index in [0.717, 1.165) is 17.4 Å². The van der Waals surface area contributed by atoms with Gasteiger partial charge in [-0.1, -0.05) is 13.0 Å². The molecule has 0 bridgehead atoms. The van der Waals surface area contributed by atoms with Gasteiger partial charge in [-0.25, -0.2) is 8.42 Å². The summed E-state index contributed by atoms with van der Waals surface area (Å²) >= 11 is 0. The minimum absolute atomic E-state index is 0. The first-order valence-electron chi connectivity index (χ1n) is 4.94. The number of hydrogen-bond acceptors (Lipinski definition) is 3. The number of hydrogen-bond donors (Lipinski definition) is 1. The Balaban J connectivity index is 0. The van der Waals surface area contributed by atoms with Crippen molar-refractivity contribution in [2.75, 3.05) is 6.26 Å². The van der Waals surface area contributed by atoms with E-state index in [0.29, 0.717) is 6.42 Å². The van der Waals surface area contributed by atoms with Gasteiger partial charge in [-0.15, -0.1) is 24.8 Å². The first kappa shape index (κ1) is 19.6. The van der Waals surface area contributed by atoms with Gasteiger partial charge < -0.3 is 5.73 Å². The molecular weight excluding hydrogens is 297 g/mol. The van der Waals surface area contributed by atoms with E-state index in [1.807, 2.05) is 6.92 Å². The van der Waals surface area contributed by atoms with Crippen LogP contribution in [0.2, 0.25) is 0 Å². The summed E-state index contributed by atoms with van der Waals surface area (Å²) in [5, 5.41) is 0. The van der Waals surface area contributed by atoms with Gasteiger partial charge >= 0.3 is 0 Å². The highest BCUT2D eigenvalue weighted by Crippen LogP contribution is 2.17. The molecule has 0 spiro atoms. The van der Waals surface area contributed by atoms with Crippen LogP contribution in [0.4, 0.5) is 0 Å². The number of carbonyl (C=O) groups is 1. The Labute approximate surface area is 120 Å². The molecule has 18 heavy (non-hydrogen) atoms. The fraction of sp³-hybridized carbons (Fsp3) is 0.364. The number of sulfone groups is 1. The first-order chi connectivity index (χ1) is 7.34. The van der Waals surface area contributed by atoms with E-state index in [1.165, 1.54) is 6.07 Å². The summed E-state index contributed by atoms with van der Waals surface area (Å²) in [6.07, 6.45) is 1.98. The van der Waals surface area contributed by atoms with Crippen LogP contribution >= 0.6 is 24.8 Å². The highest BCUT2D eigenvalue weighted by atomic mass is 35.5. The molecular formula is C11H17Cl2NO3S. The average Bonchev–Trinajstić information content (AvgIpc) is 2.15. The molecule has 0 heterocycles. The molecule has 7 heteroatoms. The minimum atomic E-state index is -3.20. The van der Waals surface area contributed by atoms with Crippen LogP contribution in [0.15, 0.2) is 23.1 Å². The SMILES string of the molecule is CCc1cc(S(C)(=O)=O)ccc1CC(N)=O.Cl.Cl. The van der Waals surface area contributed by atoms with Crippen LogP contribution in [0.25, 0.3) is 0 Å². The van der Waals surface area contributed by atoms with E-state index >= 15 is 0 Å². The Morgan fingerprint density at radius 2 is 1.78 bits per heavy atom. The van der Waals surface area contributed by atoms with Crippen LogP contribution in [-0.4, -0.2) is 20.6 Å². The number of primary amides is 1. The summed E-state index contributed by atoms with van der Waals surface area (Å²) in [6, 6.07) is 4.76. The van der Waals surface area contributed by atoms with Gasteiger partial charge in [0.05, 0.1) is 11.3 Å². The van der Waals surface area contributed by atoms with Crippen molar-refractivity contribution in [2.24, 2.45) is 5.73 Å².